The summed E-state index contributed by atoms with van der Waals surface area (Å²) in [4.78, 5) is 32.6. The van der Waals surface area contributed by atoms with Crippen LogP contribution in [0.4, 0.5) is 0 Å². The van der Waals surface area contributed by atoms with Gasteiger partial charge in [-0.25, -0.2) is 0 Å². The van der Waals surface area contributed by atoms with Gasteiger partial charge in [-0.1, -0.05) is 0 Å². The van der Waals surface area contributed by atoms with Gasteiger partial charge in [0.05, 0.1) is 18.5 Å². The molecular weight excluding hydrogens is 230 g/mol. The molecule has 0 fully saturated rings. The molecule has 5 N–H and O–H groups in total. The van der Waals surface area contributed by atoms with Crippen molar-refractivity contribution < 1.29 is 14.4 Å². The first-order valence-corrected chi connectivity index (χ1v) is 6.19. The van der Waals surface area contributed by atoms with Crippen molar-refractivity contribution in [1.82, 2.24) is 5.32 Å². The molecule has 6 nitrogen and oxygen atoms in total. The van der Waals surface area contributed by atoms with Gasteiger partial charge in [-0.3, -0.25) is 9.59 Å². The van der Waals surface area contributed by atoms with E-state index in [1.165, 1.54) is 0 Å². The highest BCUT2D eigenvalue weighted by atomic mass is 32.2. The Morgan fingerprint density at radius 2 is 2.12 bits per heavy atom. The fraction of sp³-hybridized carbons (Fsp3) is 0.667. The van der Waals surface area contributed by atoms with Gasteiger partial charge in [-0.15, -0.1) is 0 Å². The van der Waals surface area contributed by atoms with E-state index in [0.717, 1.165) is 5.75 Å². The third kappa shape index (κ3) is 6.41. The van der Waals surface area contributed by atoms with E-state index < -0.39 is 23.9 Å². The highest BCUT2D eigenvalue weighted by Gasteiger charge is 2.19. The molecule has 7 heteroatoms. The molecule has 0 aliphatic rings. The molecule has 0 aromatic heterocycles. The van der Waals surface area contributed by atoms with Crippen molar-refractivity contribution >= 4 is 29.9 Å². The van der Waals surface area contributed by atoms with Crippen LogP contribution < -0.4 is 16.8 Å². The third-order valence-electron chi connectivity index (χ3n) is 1.88. The summed E-state index contributed by atoms with van der Waals surface area (Å²) in [6.45, 7) is 0. The van der Waals surface area contributed by atoms with E-state index >= 15 is 0 Å². The molecule has 92 valence electrons. The standard InChI is InChI=1S/C9H17N3O3S/c1-16-3-2-6(5-13)12-9(15)7(10)4-8(11)14/h5-7H,2-4,10H2,1H3,(H2,11,14)(H,12,15)/t6-,7-/m0/s1. The van der Waals surface area contributed by atoms with Crippen LogP contribution in [-0.4, -0.2) is 42.2 Å². The Bertz CT molecular complexity index is 260. The van der Waals surface area contributed by atoms with E-state index in [9.17, 15) is 14.4 Å². The SMILES string of the molecule is CSCC[C@@H](C=O)NC(=O)[C@@H](N)CC(N)=O. The first-order chi connectivity index (χ1) is 7.51. The number of carbonyl (C=O) groups excluding carboxylic acids is 3. The first-order valence-electron chi connectivity index (χ1n) is 4.79. The zero-order valence-electron chi connectivity index (χ0n) is 9.14. The van der Waals surface area contributed by atoms with Crippen LogP contribution in [0.3, 0.4) is 0 Å². The van der Waals surface area contributed by atoms with Gasteiger partial charge in [0.1, 0.15) is 6.29 Å². The maximum absolute atomic E-state index is 11.4. The molecule has 0 unspecified atom stereocenters. The van der Waals surface area contributed by atoms with Crippen LogP contribution in [0.15, 0.2) is 0 Å². The van der Waals surface area contributed by atoms with Gasteiger partial charge in [-0.2, -0.15) is 11.8 Å². The van der Waals surface area contributed by atoms with E-state index in [0.29, 0.717) is 12.7 Å². The molecule has 0 rings (SSSR count). The molecule has 0 radical (unpaired) electrons. The van der Waals surface area contributed by atoms with Crippen molar-refractivity contribution in [1.29, 1.82) is 0 Å². The molecule has 0 aromatic carbocycles. The highest BCUT2D eigenvalue weighted by Crippen LogP contribution is 1.99. The van der Waals surface area contributed by atoms with Gasteiger partial charge in [0, 0.05) is 0 Å². The van der Waals surface area contributed by atoms with E-state index in [2.05, 4.69) is 5.32 Å². The number of hydrogen-bond donors (Lipinski definition) is 3. The number of amides is 2. The molecule has 0 spiro atoms. The lowest BCUT2D eigenvalue weighted by Crippen LogP contribution is -2.47. The van der Waals surface area contributed by atoms with Crippen LogP contribution in [0.5, 0.6) is 0 Å². The molecule has 2 amide bonds. The number of hydrogen-bond acceptors (Lipinski definition) is 5. The molecule has 0 aromatic rings. The molecule has 0 bridgehead atoms. The molecule has 16 heavy (non-hydrogen) atoms. The van der Waals surface area contributed by atoms with Crippen LogP contribution in [0.25, 0.3) is 0 Å². The zero-order chi connectivity index (χ0) is 12.6. The number of nitrogens with one attached hydrogen (secondary N) is 1. The minimum Gasteiger partial charge on any atom is -0.370 e. The Balaban J connectivity index is 4.08. The number of primary amides is 1. The fourth-order valence-electron chi connectivity index (χ4n) is 1.02. The second-order valence-corrected chi connectivity index (χ2v) is 4.30. The number of nitrogens with two attached hydrogens (primary N) is 2. The summed E-state index contributed by atoms with van der Waals surface area (Å²) in [5.74, 6) is -0.416. The number of aldehydes is 1. The summed E-state index contributed by atoms with van der Waals surface area (Å²) in [7, 11) is 0. The van der Waals surface area contributed by atoms with Crippen LogP contribution in [-0.2, 0) is 14.4 Å². The second-order valence-electron chi connectivity index (χ2n) is 3.31. The Morgan fingerprint density at radius 1 is 1.50 bits per heavy atom. The predicted octanol–water partition coefficient (Wildman–Crippen LogP) is -1.37. The molecule has 0 heterocycles. The van der Waals surface area contributed by atoms with Crippen LogP contribution in [0, 0.1) is 0 Å². The lowest BCUT2D eigenvalue weighted by Gasteiger charge is -2.15. The predicted molar refractivity (Wildman–Crippen MR) is 62.8 cm³/mol. The Morgan fingerprint density at radius 3 is 2.56 bits per heavy atom. The maximum Gasteiger partial charge on any atom is 0.238 e. The Labute approximate surface area is 98.5 Å². The number of rotatable bonds is 8. The van der Waals surface area contributed by atoms with Crippen molar-refractivity contribution in [2.24, 2.45) is 11.5 Å². The Kier molecular flexibility index (Phi) is 7.57. The second kappa shape index (κ2) is 8.12. The molecule has 2 atom stereocenters. The lowest BCUT2D eigenvalue weighted by molar-refractivity contribution is -0.127. The van der Waals surface area contributed by atoms with Gasteiger partial charge < -0.3 is 21.6 Å². The molecule has 0 saturated carbocycles. The van der Waals surface area contributed by atoms with Crippen molar-refractivity contribution in [3.8, 4) is 0 Å². The summed E-state index contributed by atoms with van der Waals surface area (Å²) < 4.78 is 0. The van der Waals surface area contributed by atoms with Crippen LogP contribution >= 0.6 is 11.8 Å². The topological polar surface area (TPSA) is 115 Å². The van der Waals surface area contributed by atoms with Gasteiger partial charge in [0.2, 0.25) is 11.8 Å². The average molecular weight is 247 g/mol. The quantitative estimate of drug-likeness (QED) is 0.457. The normalized spacial score (nSPS) is 13.9. The fourth-order valence-corrected chi connectivity index (χ4v) is 1.51. The van der Waals surface area contributed by atoms with E-state index in [-0.39, 0.29) is 6.42 Å². The lowest BCUT2D eigenvalue weighted by atomic mass is 10.1. The molecule has 0 aliphatic heterocycles. The van der Waals surface area contributed by atoms with E-state index in [1.807, 2.05) is 6.26 Å². The van der Waals surface area contributed by atoms with Crippen LogP contribution in [0.2, 0.25) is 0 Å². The van der Waals surface area contributed by atoms with Gasteiger partial charge in [0.15, 0.2) is 0 Å². The van der Waals surface area contributed by atoms with E-state index in [1.54, 1.807) is 11.8 Å². The summed E-state index contributed by atoms with van der Waals surface area (Å²) in [5, 5.41) is 2.45. The molecule has 0 aliphatic carbocycles. The van der Waals surface area contributed by atoms with E-state index in [4.69, 9.17) is 11.5 Å². The Hall–Kier alpha value is -1.08. The number of thioether (sulfide) groups is 1. The van der Waals surface area contributed by atoms with Crippen molar-refractivity contribution in [3.63, 3.8) is 0 Å². The average Bonchev–Trinajstić information content (AvgIpc) is 2.22. The molecule has 0 saturated heterocycles. The first kappa shape index (κ1) is 14.9. The summed E-state index contributed by atoms with van der Waals surface area (Å²) in [5.41, 5.74) is 10.3. The van der Waals surface area contributed by atoms with Crippen molar-refractivity contribution in [2.45, 2.75) is 24.9 Å². The smallest absolute Gasteiger partial charge is 0.238 e. The largest absolute Gasteiger partial charge is 0.370 e. The molecular formula is C9H17N3O3S. The van der Waals surface area contributed by atoms with Gasteiger partial charge >= 0.3 is 0 Å². The summed E-state index contributed by atoms with van der Waals surface area (Å²) in [6, 6.07) is -1.55. The zero-order valence-corrected chi connectivity index (χ0v) is 9.96. The van der Waals surface area contributed by atoms with Gasteiger partial charge in [0.25, 0.3) is 0 Å². The third-order valence-corrected chi connectivity index (χ3v) is 2.53. The summed E-state index contributed by atoms with van der Waals surface area (Å²) in [6.07, 6.45) is 2.88. The van der Waals surface area contributed by atoms with Crippen molar-refractivity contribution in [2.75, 3.05) is 12.0 Å². The number of carbonyl (C=O) groups is 3. The summed E-state index contributed by atoms with van der Waals surface area (Å²) >= 11 is 1.58. The van der Waals surface area contributed by atoms with Crippen molar-refractivity contribution in [3.05, 3.63) is 0 Å². The minimum absolute atomic E-state index is 0.222. The monoisotopic (exact) mass is 247 g/mol. The highest BCUT2D eigenvalue weighted by molar-refractivity contribution is 7.98. The van der Waals surface area contributed by atoms with Gasteiger partial charge in [-0.05, 0) is 18.4 Å². The van der Waals surface area contributed by atoms with Crippen LogP contribution in [0.1, 0.15) is 12.8 Å². The minimum atomic E-state index is -0.991. The maximum atomic E-state index is 11.4.